The summed E-state index contributed by atoms with van der Waals surface area (Å²) in [4.78, 5) is 27.3. The van der Waals surface area contributed by atoms with Gasteiger partial charge in [-0.3, -0.25) is 4.79 Å². The van der Waals surface area contributed by atoms with Crippen LogP contribution in [0.3, 0.4) is 0 Å². The molecule has 3 aromatic carbocycles. The third-order valence-electron chi connectivity index (χ3n) is 7.34. The summed E-state index contributed by atoms with van der Waals surface area (Å²) >= 11 is 0. The largest absolute Gasteiger partial charge is 0.488 e. The van der Waals surface area contributed by atoms with E-state index in [1.165, 1.54) is 0 Å². The Morgan fingerprint density at radius 1 is 0.848 bits per heavy atom. The van der Waals surface area contributed by atoms with Gasteiger partial charge in [-0.15, -0.1) is 0 Å². The summed E-state index contributed by atoms with van der Waals surface area (Å²) in [6, 6.07) is 24.5. The van der Waals surface area contributed by atoms with Crippen molar-refractivity contribution in [3.05, 3.63) is 90.0 Å². The predicted octanol–water partition coefficient (Wildman–Crippen LogP) is 6.50. The number of nitrogens with one attached hydrogen (secondary N) is 1. The molecule has 9 nitrogen and oxygen atoms in total. The molecule has 1 aliphatic heterocycles. The molecule has 0 radical (unpaired) electrons. The summed E-state index contributed by atoms with van der Waals surface area (Å²) in [5.41, 5.74) is 2.25. The molecule has 46 heavy (non-hydrogen) atoms. The lowest BCUT2D eigenvalue weighted by atomic mass is 9.95. The minimum absolute atomic E-state index is 0.281. The maximum Gasteiger partial charge on any atom is 0.410 e. The van der Waals surface area contributed by atoms with Crippen LogP contribution in [0.15, 0.2) is 78.9 Å². The summed E-state index contributed by atoms with van der Waals surface area (Å²) in [5.74, 6) is -0.346. The first kappa shape index (κ1) is 35.0. The molecule has 0 aromatic heterocycles. The van der Waals surface area contributed by atoms with Gasteiger partial charge in [0.25, 0.3) is 0 Å². The number of para-hydroxylation sites is 1. The van der Waals surface area contributed by atoms with Gasteiger partial charge >= 0.3 is 12.1 Å². The number of carbonyl (C=O) groups excluding carboxylic acids is 2. The summed E-state index contributed by atoms with van der Waals surface area (Å²) in [5, 5.41) is 0. The van der Waals surface area contributed by atoms with Gasteiger partial charge < -0.3 is 19.1 Å². The molecule has 1 N–H and O–H groups in total. The highest BCUT2D eigenvalue weighted by atomic mass is 32.2. The Labute approximate surface area is 273 Å². The van der Waals surface area contributed by atoms with Gasteiger partial charge in [0, 0.05) is 18.2 Å². The maximum absolute atomic E-state index is 13.4. The number of likely N-dealkylation sites (tertiary alicyclic amines) is 1. The molecule has 1 fully saturated rings. The van der Waals surface area contributed by atoms with Crippen molar-refractivity contribution in [3.8, 4) is 16.9 Å². The van der Waals surface area contributed by atoms with E-state index in [0.717, 1.165) is 22.3 Å². The number of esters is 1. The molecule has 0 saturated carbocycles. The van der Waals surface area contributed by atoms with Gasteiger partial charge in [0.15, 0.2) is 0 Å². The average molecular weight is 651 g/mol. The standard InChI is InChI=1S/C36H46N2O7S/c1-35(2,3)44-32(39)21-23-46(41,42)37-30-20-22-38(34(40)45-36(4,5)6)31(30)24-28-18-13-19-29(27-16-11-8-12-17-27)33(28)43-25-26-14-9-7-10-15-26/h7-19,30-31,37H,20-25H2,1-6H3. The Hall–Kier alpha value is -3.89. The molecule has 3 aromatic rings. The van der Waals surface area contributed by atoms with Gasteiger partial charge in [0.05, 0.1) is 18.2 Å². The molecule has 1 amide bonds. The van der Waals surface area contributed by atoms with Gasteiger partial charge in [-0.2, -0.15) is 0 Å². The third kappa shape index (κ3) is 10.3. The molecule has 1 heterocycles. The first-order valence-corrected chi connectivity index (χ1v) is 17.3. The van der Waals surface area contributed by atoms with Crippen molar-refractivity contribution in [2.75, 3.05) is 12.3 Å². The molecule has 0 bridgehead atoms. The first-order valence-electron chi connectivity index (χ1n) is 15.7. The zero-order chi connectivity index (χ0) is 33.5. The van der Waals surface area contributed by atoms with E-state index < -0.39 is 51.1 Å². The molecule has 0 aliphatic carbocycles. The van der Waals surface area contributed by atoms with Crippen molar-refractivity contribution in [1.82, 2.24) is 9.62 Å². The van der Waals surface area contributed by atoms with Crippen LogP contribution < -0.4 is 9.46 Å². The average Bonchev–Trinajstić information content (AvgIpc) is 3.36. The molecular formula is C36H46N2O7S. The molecule has 2 unspecified atom stereocenters. The zero-order valence-electron chi connectivity index (χ0n) is 27.6. The maximum atomic E-state index is 13.4. The van der Waals surface area contributed by atoms with Crippen molar-refractivity contribution >= 4 is 22.1 Å². The number of carbonyl (C=O) groups is 2. The van der Waals surface area contributed by atoms with Gasteiger partial charge in [0.2, 0.25) is 10.0 Å². The fourth-order valence-corrected chi connectivity index (χ4v) is 6.70. The molecule has 0 spiro atoms. The quantitative estimate of drug-likeness (QED) is 0.236. The zero-order valence-corrected chi connectivity index (χ0v) is 28.4. The van der Waals surface area contributed by atoms with E-state index in [-0.39, 0.29) is 6.42 Å². The number of hydrogen-bond donors (Lipinski definition) is 1. The Kier molecular flexibility index (Phi) is 11.2. The third-order valence-corrected chi connectivity index (χ3v) is 8.74. The highest BCUT2D eigenvalue weighted by Gasteiger charge is 2.41. The molecular weight excluding hydrogens is 604 g/mol. The van der Waals surface area contributed by atoms with E-state index in [1.807, 2.05) is 78.9 Å². The summed E-state index contributed by atoms with van der Waals surface area (Å²) in [6.07, 6.45) is -0.104. The molecule has 248 valence electrons. The molecule has 10 heteroatoms. The van der Waals surface area contributed by atoms with Crippen LogP contribution in [0.1, 0.15) is 65.5 Å². The second kappa shape index (κ2) is 14.7. The number of amides is 1. The summed E-state index contributed by atoms with van der Waals surface area (Å²) in [7, 11) is -3.89. The van der Waals surface area contributed by atoms with Crippen molar-refractivity contribution in [2.45, 2.75) is 90.7 Å². The van der Waals surface area contributed by atoms with E-state index in [9.17, 15) is 18.0 Å². The second-order valence-corrected chi connectivity index (χ2v) is 15.4. The Morgan fingerprint density at radius 3 is 2.11 bits per heavy atom. The fraction of sp³-hybridized carbons (Fsp3) is 0.444. The van der Waals surface area contributed by atoms with Crippen LogP contribution in [0.4, 0.5) is 4.79 Å². The number of sulfonamides is 1. The first-order chi connectivity index (χ1) is 21.6. The Balaban J connectivity index is 1.65. The number of nitrogens with zero attached hydrogens (tertiary/aromatic N) is 1. The summed E-state index contributed by atoms with van der Waals surface area (Å²) in [6.45, 7) is 11.2. The highest BCUT2D eigenvalue weighted by Crippen LogP contribution is 2.36. The Bertz CT molecular complexity index is 1580. The minimum Gasteiger partial charge on any atom is -0.488 e. The van der Waals surface area contributed by atoms with Crippen molar-refractivity contribution in [3.63, 3.8) is 0 Å². The van der Waals surface area contributed by atoms with Crippen LogP contribution in [-0.4, -0.2) is 61.0 Å². The van der Waals surface area contributed by atoms with Crippen molar-refractivity contribution < 1.29 is 32.2 Å². The minimum atomic E-state index is -3.89. The topological polar surface area (TPSA) is 111 Å². The normalized spacial score (nSPS) is 17.0. The van der Waals surface area contributed by atoms with E-state index in [4.69, 9.17) is 14.2 Å². The van der Waals surface area contributed by atoms with E-state index in [0.29, 0.717) is 31.7 Å². The lowest BCUT2D eigenvalue weighted by Crippen LogP contribution is -2.49. The van der Waals surface area contributed by atoms with Gasteiger partial charge in [-0.05, 0) is 71.1 Å². The van der Waals surface area contributed by atoms with Crippen LogP contribution in [0.25, 0.3) is 11.1 Å². The van der Waals surface area contributed by atoms with Crippen LogP contribution >= 0.6 is 0 Å². The fourth-order valence-electron chi connectivity index (χ4n) is 5.41. The van der Waals surface area contributed by atoms with Gasteiger partial charge in [-0.25, -0.2) is 17.9 Å². The van der Waals surface area contributed by atoms with Crippen LogP contribution in [-0.2, 0) is 37.3 Å². The second-order valence-electron chi connectivity index (χ2n) is 13.5. The summed E-state index contributed by atoms with van der Waals surface area (Å²) < 4.78 is 46.8. The van der Waals surface area contributed by atoms with E-state index in [1.54, 1.807) is 46.4 Å². The van der Waals surface area contributed by atoms with E-state index >= 15 is 0 Å². The Morgan fingerprint density at radius 2 is 1.48 bits per heavy atom. The SMILES string of the molecule is CC(C)(C)OC(=O)CCS(=O)(=O)NC1CCN(C(=O)OC(C)(C)C)C1Cc1cccc(-c2ccccc2)c1OCc1ccccc1. The highest BCUT2D eigenvalue weighted by molar-refractivity contribution is 7.89. The molecule has 1 saturated heterocycles. The molecule has 4 rings (SSSR count). The van der Waals surface area contributed by atoms with Gasteiger partial charge in [-0.1, -0.05) is 78.9 Å². The number of benzene rings is 3. The predicted molar refractivity (Wildman–Crippen MR) is 179 cm³/mol. The van der Waals surface area contributed by atoms with Crippen LogP contribution in [0.2, 0.25) is 0 Å². The molecule has 2 atom stereocenters. The number of hydrogen-bond acceptors (Lipinski definition) is 7. The lowest BCUT2D eigenvalue weighted by Gasteiger charge is -2.31. The number of ether oxygens (including phenoxy) is 3. The van der Waals surface area contributed by atoms with Crippen molar-refractivity contribution in [2.24, 2.45) is 0 Å². The molecule has 1 aliphatic rings. The lowest BCUT2D eigenvalue weighted by molar-refractivity contribution is -0.154. The van der Waals surface area contributed by atoms with Gasteiger partial charge in [0.1, 0.15) is 23.6 Å². The number of rotatable bonds is 11. The van der Waals surface area contributed by atoms with Crippen molar-refractivity contribution in [1.29, 1.82) is 0 Å². The monoisotopic (exact) mass is 650 g/mol. The van der Waals surface area contributed by atoms with Crippen LogP contribution in [0, 0.1) is 0 Å². The van der Waals surface area contributed by atoms with Crippen LogP contribution in [0.5, 0.6) is 5.75 Å². The van der Waals surface area contributed by atoms with E-state index in [2.05, 4.69) is 4.72 Å². The smallest absolute Gasteiger partial charge is 0.410 e.